The Morgan fingerprint density at radius 1 is 0.793 bits per heavy atom. The Balaban J connectivity index is 5.23. The van der Waals surface area contributed by atoms with Crippen LogP contribution in [0.4, 0.5) is 0 Å². The van der Waals surface area contributed by atoms with Crippen LogP contribution in [0.15, 0.2) is 0 Å². The highest BCUT2D eigenvalue weighted by molar-refractivity contribution is 7.80. The van der Waals surface area contributed by atoms with Gasteiger partial charge in [0, 0.05) is 5.75 Å². The number of carboxylic acids is 1. The number of amides is 5. The van der Waals surface area contributed by atoms with Gasteiger partial charge in [0.15, 0.2) is 0 Å². The van der Waals surface area contributed by atoms with Crippen LogP contribution in [0.5, 0.6) is 0 Å². The summed E-state index contributed by atoms with van der Waals surface area (Å²) in [5, 5.41) is 24.4. The third-order valence-electron chi connectivity index (χ3n) is 3.41. The van der Waals surface area contributed by atoms with Crippen molar-refractivity contribution in [3.05, 3.63) is 0 Å². The van der Waals surface area contributed by atoms with Crippen LogP contribution in [0.2, 0.25) is 0 Å². The van der Waals surface area contributed by atoms with Crippen molar-refractivity contribution in [2.45, 2.75) is 37.0 Å². The maximum Gasteiger partial charge on any atom is 0.326 e. The van der Waals surface area contributed by atoms with Gasteiger partial charge in [-0.3, -0.25) is 24.0 Å². The van der Waals surface area contributed by atoms with Crippen molar-refractivity contribution in [3.8, 4) is 0 Å². The molecule has 0 bridgehead atoms. The van der Waals surface area contributed by atoms with Crippen LogP contribution in [0.3, 0.4) is 0 Å². The van der Waals surface area contributed by atoms with Gasteiger partial charge in [-0.2, -0.15) is 12.6 Å². The van der Waals surface area contributed by atoms with Gasteiger partial charge in [0.05, 0.1) is 25.5 Å². The Labute approximate surface area is 170 Å². The van der Waals surface area contributed by atoms with E-state index in [9.17, 15) is 33.9 Å². The molecule has 11 N–H and O–H groups in total. The first kappa shape index (κ1) is 26.1. The third kappa shape index (κ3) is 9.72. The molecule has 15 heteroatoms. The Morgan fingerprint density at radius 2 is 1.21 bits per heavy atom. The van der Waals surface area contributed by atoms with Gasteiger partial charge in [-0.25, -0.2) is 4.79 Å². The average molecular weight is 436 g/mol. The van der Waals surface area contributed by atoms with Crippen molar-refractivity contribution in [2.75, 3.05) is 12.4 Å². The highest BCUT2D eigenvalue weighted by atomic mass is 32.1. The van der Waals surface area contributed by atoms with Crippen LogP contribution in [-0.4, -0.2) is 82.2 Å². The molecule has 0 heterocycles. The van der Waals surface area contributed by atoms with Gasteiger partial charge in [-0.15, -0.1) is 0 Å². The summed E-state index contributed by atoms with van der Waals surface area (Å²) in [6.07, 6.45) is -1.37. The minimum Gasteiger partial charge on any atom is -0.480 e. The van der Waals surface area contributed by atoms with Crippen LogP contribution in [0.25, 0.3) is 0 Å². The summed E-state index contributed by atoms with van der Waals surface area (Å²) in [6.45, 7) is -0.964. The second-order valence-electron chi connectivity index (χ2n) is 5.83. The summed E-state index contributed by atoms with van der Waals surface area (Å²) in [5.74, 6) is -6.63. The Hall–Kier alpha value is -2.91. The van der Waals surface area contributed by atoms with Crippen molar-refractivity contribution >= 4 is 48.1 Å². The molecule has 14 nitrogen and oxygen atoms in total. The van der Waals surface area contributed by atoms with E-state index in [0.29, 0.717) is 0 Å². The molecule has 0 aromatic rings. The monoisotopic (exact) mass is 436 g/mol. The Kier molecular flexibility index (Phi) is 11.3. The number of aliphatic carboxylic acids is 1. The lowest BCUT2D eigenvalue weighted by atomic mass is 10.1. The van der Waals surface area contributed by atoms with Crippen molar-refractivity contribution < 1.29 is 39.0 Å². The summed E-state index contributed by atoms with van der Waals surface area (Å²) in [6, 6.07) is -5.97. The molecule has 0 radical (unpaired) electrons. The van der Waals surface area contributed by atoms with Crippen molar-refractivity contribution in [2.24, 2.45) is 17.2 Å². The first-order valence-corrected chi connectivity index (χ1v) is 8.73. The molecule has 0 aliphatic heterocycles. The quantitative estimate of drug-likeness (QED) is 0.125. The summed E-state index contributed by atoms with van der Waals surface area (Å²) in [5.41, 5.74) is 15.4. The number of aliphatic hydroxyl groups is 1. The summed E-state index contributed by atoms with van der Waals surface area (Å²) < 4.78 is 0. The van der Waals surface area contributed by atoms with Gasteiger partial charge < -0.3 is 43.4 Å². The van der Waals surface area contributed by atoms with E-state index in [1.807, 2.05) is 10.6 Å². The van der Waals surface area contributed by atoms with E-state index in [4.69, 9.17) is 22.3 Å². The van der Waals surface area contributed by atoms with E-state index in [-0.39, 0.29) is 5.75 Å². The van der Waals surface area contributed by atoms with Gasteiger partial charge in [0.25, 0.3) is 0 Å². The number of thiol groups is 1. The van der Waals surface area contributed by atoms with E-state index in [0.717, 1.165) is 0 Å². The molecule has 0 fully saturated rings. The number of aliphatic hydroxyl groups excluding tert-OH is 1. The molecule has 4 atom stereocenters. The maximum atomic E-state index is 12.3. The highest BCUT2D eigenvalue weighted by Gasteiger charge is 2.31. The first-order chi connectivity index (χ1) is 13.4. The molecular weight excluding hydrogens is 412 g/mol. The van der Waals surface area contributed by atoms with Gasteiger partial charge in [0.2, 0.25) is 29.5 Å². The van der Waals surface area contributed by atoms with E-state index in [1.165, 1.54) is 0 Å². The van der Waals surface area contributed by atoms with Crippen molar-refractivity contribution in [1.29, 1.82) is 0 Å². The fraction of sp³-hybridized carbons (Fsp3) is 0.571. The Morgan fingerprint density at radius 3 is 1.62 bits per heavy atom. The number of carbonyl (C=O) groups is 6. The third-order valence-corrected chi connectivity index (χ3v) is 3.80. The number of carbonyl (C=O) groups excluding carboxylic acids is 5. The average Bonchev–Trinajstić information content (AvgIpc) is 2.62. The smallest absolute Gasteiger partial charge is 0.326 e. The fourth-order valence-electron chi connectivity index (χ4n) is 1.91. The molecule has 0 aromatic carbocycles. The second kappa shape index (κ2) is 12.5. The van der Waals surface area contributed by atoms with E-state index in [1.54, 1.807) is 0 Å². The van der Waals surface area contributed by atoms with Crippen LogP contribution in [-0.2, 0) is 28.8 Å². The molecular formula is C14H24N6O8S. The largest absolute Gasteiger partial charge is 0.480 e. The second-order valence-corrected chi connectivity index (χ2v) is 6.20. The zero-order valence-corrected chi connectivity index (χ0v) is 16.1. The number of nitrogens with one attached hydrogen (secondary N) is 3. The van der Waals surface area contributed by atoms with Gasteiger partial charge in [-0.05, 0) is 0 Å². The minimum atomic E-state index is -1.69. The molecule has 0 aliphatic carbocycles. The molecule has 0 aromatic heterocycles. The minimum absolute atomic E-state index is 0.0607. The predicted octanol–water partition coefficient (Wildman–Crippen LogP) is -5.47. The SMILES string of the molecule is NC(=O)CC(NC(=O)C(CO)NC(=O)C(CC(N)=O)NC(=O)C(N)CS)C(=O)O. The zero-order valence-electron chi connectivity index (χ0n) is 15.2. The molecule has 4 unspecified atom stereocenters. The van der Waals surface area contributed by atoms with E-state index >= 15 is 0 Å². The van der Waals surface area contributed by atoms with E-state index < -0.39 is 79.1 Å². The topological polar surface area (TPSA) is 257 Å². The normalized spacial score (nSPS) is 14.6. The molecule has 0 saturated carbocycles. The molecule has 0 spiro atoms. The molecule has 0 saturated heterocycles. The highest BCUT2D eigenvalue weighted by Crippen LogP contribution is 1.98. The van der Waals surface area contributed by atoms with Crippen molar-refractivity contribution in [3.63, 3.8) is 0 Å². The summed E-state index contributed by atoms with van der Waals surface area (Å²) >= 11 is 3.82. The maximum absolute atomic E-state index is 12.3. The van der Waals surface area contributed by atoms with Crippen LogP contribution in [0.1, 0.15) is 12.8 Å². The number of primary amides is 2. The lowest BCUT2D eigenvalue weighted by Gasteiger charge is -2.23. The standard InChI is InChI=1S/C14H24N6O8S/c15-5(4-29)11(24)18-6(1-9(16)22)12(25)20-8(3-21)13(26)19-7(14(27)28)2-10(17)23/h5-8,21,29H,1-4,15H2,(H2,16,22)(H2,17,23)(H,18,24)(H,19,26)(H,20,25)(H,27,28). The van der Waals surface area contributed by atoms with E-state index in [2.05, 4.69) is 17.9 Å². The molecule has 29 heavy (non-hydrogen) atoms. The van der Waals surface area contributed by atoms with Crippen LogP contribution in [0, 0.1) is 0 Å². The summed E-state index contributed by atoms with van der Waals surface area (Å²) in [4.78, 5) is 69.4. The first-order valence-electron chi connectivity index (χ1n) is 8.10. The number of carboxylic acid groups (broad SMARTS) is 1. The molecule has 164 valence electrons. The lowest BCUT2D eigenvalue weighted by molar-refractivity contribution is -0.144. The zero-order chi connectivity index (χ0) is 22.7. The fourth-order valence-corrected chi connectivity index (χ4v) is 2.08. The Bertz CT molecular complexity index is 660. The molecule has 0 rings (SSSR count). The number of hydrogen-bond donors (Lipinski definition) is 9. The summed E-state index contributed by atoms with van der Waals surface area (Å²) in [7, 11) is 0. The van der Waals surface area contributed by atoms with Gasteiger partial charge in [0.1, 0.15) is 18.1 Å². The van der Waals surface area contributed by atoms with Crippen LogP contribution >= 0.6 is 12.6 Å². The number of hydrogen-bond acceptors (Lipinski definition) is 9. The van der Waals surface area contributed by atoms with Gasteiger partial charge in [-0.1, -0.05) is 0 Å². The van der Waals surface area contributed by atoms with Crippen LogP contribution < -0.4 is 33.2 Å². The molecule has 5 amide bonds. The predicted molar refractivity (Wildman–Crippen MR) is 100.0 cm³/mol. The number of rotatable bonds is 13. The lowest BCUT2D eigenvalue weighted by Crippen LogP contribution is -2.59. The molecule has 0 aliphatic rings. The number of nitrogens with two attached hydrogens (primary N) is 3. The van der Waals surface area contributed by atoms with Crippen molar-refractivity contribution in [1.82, 2.24) is 16.0 Å². The van der Waals surface area contributed by atoms with Gasteiger partial charge >= 0.3 is 5.97 Å².